The molecule has 3 rings (SSSR count). The maximum absolute atomic E-state index is 13.5. The number of aryl methyl sites for hydroxylation is 3. The maximum atomic E-state index is 13.5. The summed E-state index contributed by atoms with van der Waals surface area (Å²) in [4.78, 5) is 16.9. The van der Waals surface area contributed by atoms with E-state index in [-0.39, 0.29) is 17.3 Å². The second-order valence-electron chi connectivity index (χ2n) is 7.17. The first-order chi connectivity index (χ1) is 13.8. The highest BCUT2D eigenvalue weighted by molar-refractivity contribution is 7.91. The van der Waals surface area contributed by atoms with Crippen molar-refractivity contribution in [2.75, 3.05) is 6.54 Å². The first-order valence-corrected chi connectivity index (χ1v) is 10.9. The number of pyridine rings is 1. The predicted molar refractivity (Wildman–Crippen MR) is 114 cm³/mol. The largest absolute Gasteiger partial charge is 0.350 e. The molecule has 3 aromatic rings. The number of rotatable bonds is 6. The molecule has 0 radical (unpaired) electrons. The van der Waals surface area contributed by atoms with Crippen molar-refractivity contribution in [3.05, 3.63) is 94.8 Å². The van der Waals surface area contributed by atoms with Gasteiger partial charge in [-0.15, -0.1) is 0 Å². The van der Waals surface area contributed by atoms with Gasteiger partial charge in [0.25, 0.3) is 5.91 Å². The Kier molecular flexibility index (Phi) is 6.13. The van der Waals surface area contributed by atoms with Crippen LogP contribution in [0.4, 0.5) is 0 Å². The quantitative estimate of drug-likeness (QED) is 0.670. The minimum absolute atomic E-state index is 0.0475. The van der Waals surface area contributed by atoms with E-state index >= 15 is 0 Å². The van der Waals surface area contributed by atoms with Crippen molar-refractivity contribution in [1.82, 2.24) is 10.3 Å². The number of aromatic nitrogens is 1. The fourth-order valence-corrected chi connectivity index (χ4v) is 5.11. The molecule has 29 heavy (non-hydrogen) atoms. The van der Waals surface area contributed by atoms with Gasteiger partial charge in [-0.25, -0.2) is 8.42 Å². The molecule has 2 aromatic carbocycles. The molecule has 0 fully saturated rings. The lowest BCUT2D eigenvalue weighted by Gasteiger charge is -2.20. The number of hydrogen-bond donors (Lipinski definition) is 1. The second kappa shape index (κ2) is 8.57. The minimum atomic E-state index is -3.75. The molecule has 1 aromatic heterocycles. The Bertz CT molecular complexity index is 1110. The number of nitrogens with zero attached hydrogens (tertiary/aromatic N) is 1. The van der Waals surface area contributed by atoms with Crippen LogP contribution in [-0.2, 0) is 9.84 Å². The highest BCUT2D eigenvalue weighted by Gasteiger charge is 2.31. The second-order valence-corrected chi connectivity index (χ2v) is 9.26. The fourth-order valence-electron chi connectivity index (χ4n) is 3.13. The lowest BCUT2D eigenvalue weighted by molar-refractivity contribution is 0.0953. The Balaban J connectivity index is 1.94. The van der Waals surface area contributed by atoms with E-state index in [0.29, 0.717) is 16.7 Å². The van der Waals surface area contributed by atoms with Gasteiger partial charge < -0.3 is 5.32 Å². The number of sulfone groups is 1. The molecule has 0 spiro atoms. The summed E-state index contributed by atoms with van der Waals surface area (Å²) < 4.78 is 27.0. The highest BCUT2D eigenvalue weighted by Crippen LogP contribution is 2.30. The smallest absolute Gasteiger partial charge is 0.251 e. The van der Waals surface area contributed by atoms with E-state index in [2.05, 4.69) is 10.3 Å². The summed E-state index contributed by atoms with van der Waals surface area (Å²) in [7, 11) is -3.75. The van der Waals surface area contributed by atoms with Crippen LogP contribution in [0.2, 0.25) is 0 Å². The zero-order valence-electron chi connectivity index (χ0n) is 16.7. The summed E-state index contributed by atoms with van der Waals surface area (Å²) >= 11 is 0. The van der Waals surface area contributed by atoms with Gasteiger partial charge in [0.05, 0.1) is 4.90 Å². The van der Waals surface area contributed by atoms with Crippen LogP contribution in [0.3, 0.4) is 0 Å². The van der Waals surface area contributed by atoms with Gasteiger partial charge in [0.1, 0.15) is 5.25 Å². The van der Waals surface area contributed by atoms with Crippen molar-refractivity contribution in [2.24, 2.45) is 0 Å². The molecular formula is C23H24N2O3S. The molecule has 5 nitrogen and oxygen atoms in total. The number of hydrogen-bond acceptors (Lipinski definition) is 4. The van der Waals surface area contributed by atoms with Crippen LogP contribution in [0, 0.1) is 20.8 Å². The van der Waals surface area contributed by atoms with Crippen LogP contribution in [0.25, 0.3) is 0 Å². The van der Waals surface area contributed by atoms with Crippen molar-refractivity contribution in [2.45, 2.75) is 30.9 Å². The lowest BCUT2D eigenvalue weighted by atomic mass is 10.1. The molecule has 1 heterocycles. The first kappa shape index (κ1) is 20.7. The lowest BCUT2D eigenvalue weighted by Crippen LogP contribution is -2.32. The Morgan fingerprint density at radius 1 is 1.00 bits per heavy atom. The van der Waals surface area contributed by atoms with Gasteiger partial charge in [0.15, 0.2) is 9.84 Å². The van der Waals surface area contributed by atoms with Crippen LogP contribution in [0.5, 0.6) is 0 Å². The predicted octanol–water partition coefficient (Wildman–Crippen LogP) is 3.95. The van der Waals surface area contributed by atoms with Crippen LogP contribution < -0.4 is 5.32 Å². The molecule has 6 heteroatoms. The van der Waals surface area contributed by atoms with E-state index in [4.69, 9.17) is 0 Å². The SMILES string of the molecule is Cc1ccc(C(=O)NC[C@H](c2cccnc2)S(=O)(=O)c2cc(C)ccc2C)cc1. The molecule has 1 N–H and O–H groups in total. The standard InChI is InChI=1S/C23H24N2O3S/c1-16-7-10-19(11-8-16)23(26)25-15-22(20-5-4-12-24-14-20)29(27,28)21-13-17(2)6-9-18(21)3/h4-14,22H,15H2,1-3H3,(H,25,26)/t22-/m1/s1. The molecule has 0 saturated carbocycles. The van der Waals surface area contributed by atoms with E-state index < -0.39 is 15.1 Å². The molecule has 150 valence electrons. The highest BCUT2D eigenvalue weighted by atomic mass is 32.2. The van der Waals surface area contributed by atoms with Gasteiger partial charge in [0, 0.05) is 24.5 Å². The number of nitrogens with one attached hydrogen (secondary N) is 1. The molecule has 1 amide bonds. The molecule has 0 bridgehead atoms. The third-order valence-electron chi connectivity index (χ3n) is 4.84. The molecule has 0 unspecified atom stereocenters. The summed E-state index contributed by atoms with van der Waals surface area (Å²) in [6.07, 6.45) is 3.13. The van der Waals surface area contributed by atoms with Gasteiger partial charge in [-0.05, 0) is 61.7 Å². The summed E-state index contributed by atoms with van der Waals surface area (Å²) in [5.41, 5.74) is 3.62. The van der Waals surface area contributed by atoms with Crippen molar-refractivity contribution in [3.63, 3.8) is 0 Å². The van der Waals surface area contributed by atoms with E-state index in [0.717, 1.165) is 11.1 Å². The number of benzene rings is 2. The molecule has 1 atom stereocenters. The Morgan fingerprint density at radius 3 is 2.34 bits per heavy atom. The summed E-state index contributed by atoms with van der Waals surface area (Å²) in [5, 5.41) is 1.84. The third kappa shape index (κ3) is 4.71. The molecule has 0 aliphatic carbocycles. The number of carbonyl (C=O) groups excluding carboxylic acids is 1. The van der Waals surface area contributed by atoms with E-state index in [1.165, 1.54) is 6.20 Å². The van der Waals surface area contributed by atoms with Crippen LogP contribution in [0.15, 0.2) is 71.9 Å². The molecule has 0 aliphatic rings. The Hall–Kier alpha value is -2.99. The average Bonchev–Trinajstić information content (AvgIpc) is 2.71. The fraction of sp³-hybridized carbons (Fsp3) is 0.217. The summed E-state index contributed by atoms with van der Waals surface area (Å²) in [6.45, 7) is 5.53. The van der Waals surface area contributed by atoms with Gasteiger partial charge in [0.2, 0.25) is 0 Å². The monoisotopic (exact) mass is 408 g/mol. The Morgan fingerprint density at radius 2 is 1.69 bits per heavy atom. The van der Waals surface area contributed by atoms with Gasteiger partial charge in [-0.3, -0.25) is 9.78 Å². The van der Waals surface area contributed by atoms with Crippen molar-refractivity contribution < 1.29 is 13.2 Å². The van der Waals surface area contributed by atoms with Crippen LogP contribution in [-0.4, -0.2) is 25.9 Å². The van der Waals surface area contributed by atoms with E-state index in [1.807, 2.05) is 32.0 Å². The number of amides is 1. The van der Waals surface area contributed by atoms with Crippen molar-refractivity contribution >= 4 is 15.7 Å². The number of carbonyl (C=O) groups is 1. The third-order valence-corrected chi connectivity index (χ3v) is 7.08. The topological polar surface area (TPSA) is 76.1 Å². The van der Waals surface area contributed by atoms with Crippen molar-refractivity contribution in [1.29, 1.82) is 0 Å². The van der Waals surface area contributed by atoms with E-state index in [9.17, 15) is 13.2 Å². The normalized spacial score (nSPS) is 12.4. The van der Waals surface area contributed by atoms with E-state index in [1.54, 1.807) is 49.5 Å². The average molecular weight is 409 g/mol. The zero-order valence-corrected chi connectivity index (χ0v) is 17.5. The minimum Gasteiger partial charge on any atom is -0.350 e. The zero-order chi connectivity index (χ0) is 21.0. The molecule has 0 saturated heterocycles. The van der Waals surface area contributed by atoms with Gasteiger partial charge in [-0.2, -0.15) is 0 Å². The van der Waals surface area contributed by atoms with Crippen molar-refractivity contribution in [3.8, 4) is 0 Å². The summed E-state index contributed by atoms with van der Waals surface area (Å²) in [5.74, 6) is -0.310. The first-order valence-electron chi connectivity index (χ1n) is 9.35. The summed E-state index contributed by atoms with van der Waals surface area (Å²) in [6, 6.07) is 15.9. The van der Waals surface area contributed by atoms with Crippen LogP contribution >= 0.6 is 0 Å². The maximum Gasteiger partial charge on any atom is 0.251 e. The van der Waals surface area contributed by atoms with Gasteiger partial charge >= 0.3 is 0 Å². The Labute approximate surface area is 171 Å². The molecular weight excluding hydrogens is 384 g/mol. The van der Waals surface area contributed by atoms with Crippen LogP contribution in [0.1, 0.15) is 37.9 Å². The molecule has 0 aliphatic heterocycles. The van der Waals surface area contributed by atoms with Gasteiger partial charge in [-0.1, -0.05) is 35.9 Å².